The minimum atomic E-state index is -0.629. The number of methoxy groups -OCH3 is 1. The lowest BCUT2D eigenvalue weighted by atomic mass is 10.1. The molecule has 0 spiro atoms. The summed E-state index contributed by atoms with van der Waals surface area (Å²) in [4.78, 5) is 28.0. The summed E-state index contributed by atoms with van der Waals surface area (Å²) in [5.74, 6) is 0.835. The first-order chi connectivity index (χ1) is 15.4. The summed E-state index contributed by atoms with van der Waals surface area (Å²) in [7, 11) is 1.60. The quantitative estimate of drug-likeness (QED) is 0.551. The Morgan fingerprint density at radius 1 is 1.06 bits per heavy atom. The van der Waals surface area contributed by atoms with Crippen molar-refractivity contribution in [3.8, 4) is 11.5 Å². The number of ether oxygens (including phenoxy) is 2. The Kier molecular flexibility index (Phi) is 9.17. The predicted octanol–water partition coefficient (Wildman–Crippen LogP) is 5.07. The maximum Gasteiger partial charge on any atom is 0.261 e. The van der Waals surface area contributed by atoms with Crippen LogP contribution in [0.2, 0.25) is 5.02 Å². The van der Waals surface area contributed by atoms with E-state index in [0.29, 0.717) is 17.2 Å². The first-order valence-corrected chi connectivity index (χ1v) is 11.5. The van der Waals surface area contributed by atoms with Crippen LogP contribution in [0.3, 0.4) is 0 Å². The Hall–Kier alpha value is -2.73. The van der Waals surface area contributed by atoms with E-state index in [2.05, 4.69) is 5.32 Å². The lowest BCUT2D eigenvalue weighted by Gasteiger charge is -2.33. The van der Waals surface area contributed by atoms with Gasteiger partial charge < -0.3 is 19.7 Å². The lowest BCUT2D eigenvalue weighted by Crippen LogP contribution is -2.54. The largest absolute Gasteiger partial charge is 0.497 e. The number of halogens is 1. The van der Waals surface area contributed by atoms with Crippen LogP contribution in [0.25, 0.3) is 0 Å². The lowest BCUT2D eigenvalue weighted by molar-refractivity contribution is -0.143. The Labute approximate surface area is 202 Å². The van der Waals surface area contributed by atoms with E-state index in [9.17, 15) is 9.59 Å². The van der Waals surface area contributed by atoms with Gasteiger partial charge in [-0.2, -0.15) is 0 Å². The molecule has 2 aromatic carbocycles. The van der Waals surface area contributed by atoms with Crippen molar-refractivity contribution in [2.24, 2.45) is 0 Å². The summed E-state index contributed by atoms with van der Waals surface area (Å²) in [6.07, 6.45) is 0.475. The van der Waals surface area contributed by atoms with Crippen molar-refractivity contribution in [1.29, 1.82) is 0 Å². The average molecular weight is 475 g/mol. The third-order valence-corrected chi connectivity index (χ3v) is 5.76. The van der Waals surface area contributed by atoms with E-state index in [4.69, 9.17) is 21.1 Å². The number of benzene rings is 2. The fraction of sp³-hybridized carbons (Fsp3) is 0.462. The van der Waals surface area contributed by atoms with Gasteiger partial charge in [0.25, 0.3) is 5.91 Å². The first-order valence-electron chi connectivity index (χ1n) is 11.1. The molecule has 2 aromatic rings. The molecule has 2 amide bonds. The molecule has 2 rings (SSSR count). The van der Waals surface area contributed by atoms with Crippen LogP contribution in [0.15, 0.2) is 36.4 Å². The maximum atomic E-state index is 13.3. The maximum absolute atomic E-state index is 13.3. The number of amides is 2. The molecule has 0 aromatic heterocycles. The molecule has 0 heterocycles. The number of nitrogens with zero attached hydrogens (tertiary/aromatic N) is 1. The van der Waals surface area contributed by atoms with E-state index in [0.717, 1.165) is 22.4 Å². The molecule has 6 nitrogen and oxygen atoms in total. The van der Waals surface area contributed by atoms with Crippen LogP contribution in [0.1, 0.15) is 50.8 Å². The molecule has 0 aliphatic heterocycles. The molecule has 180 valence electrons. The molecular weight excluding hydrogens is 440 g/mol. The van der Waals surface area contributed by atoms with Gasteiger partial charge in [-0.25, -0.2) is 0 Å². The Balaban J connectivity index is 2.27. The molecule has 7 heteroatoms. The molecule has 1 N–H and O–H groups in total. The van der Waals surface area contributed by atoms with Crippen molar-refractivity contribution in [2.75, 3.05) is 13.7 Å². The first kappa shape index (κ1) is 26.5. The predicted molar refractivity (Wildman–Crippen MR) is 132 cm³/mol. The van der Waals surface area contributed by atoms with E-state index < -0.39 is 11.6 Å². The third kappa shape index (κ3) is 7.67. The second-order valence-electron chi connectivity index (χ2n) is 9.19. The monoisotopic (exact) mass is 474 g/mol. The number of rotatable bonds is 9. The molecule has 0 fully saturated rings. The van der Waals surface area contributed by atoms with Crippen LogP contribution in [0.5, 0.6) is 11.5 Å². The average Bonchev–Trinajstić information content (AvgIpc) is 2.74. The number of carbonyl (C=O) groups is 2. The molecule has 0 saturated heterocycles. The van der Waals surface area contributed by atoms with Gasteiger partial charge in [0.15, 0.2) is 6.61 Å². The van der Waals surface area contributed by atoms with Crippen LogP contribution in [-0.2, 0) is 16.1 Å². The summed E-state index contributed by atoms with van der Waals surface area (Å²) < 4.78 is 11.0. The van der Waals surface area contributed by atoms with E-state index in [1.165, 1.54) is 0 Å². The van der Waals surface area contributed by atoms with Crippen LogP contribution in [0.4, 0.5) is 0 Å². The van der Waals surface area contributed by atoms with Crippen LogP contribution in [0, 0.1) is 13.8 Å². The van der Waals surface area contributed by atoms with Gasteiger partial charge in [0.1, 0.15) is 17.5 Å². The molecular formula is C26H35ClN2O4. The van der Waals surface area contributed by atoms with Gasteiger partial charge in [-0.05, 0) is 82.0 Å². The summed E-state index contributed by atoms with van der Waals surface area (Å²) in [6.45, 7) is 11.5. The van der Waals surface area contributed by atoms with Crippen molar-refractivity contribution in [3.05, 3.63) is 58.1 Å². The SMILES string of the molecule is CCC(C(=O)NC(C)(C)C)N(Cc1ccc(OC)cc1)C(=O)COc1cc(C)c(Cl)c(C)c1. The number of hydrogen-bond acceptors (Lipinski definition) is 4. The zero-order valence-electron chi connectivity index (χ0n) is 20.6. The van der Waals surface area contributed by atoms with Crippen molar-refractivity contribution in [1.82, 2.24) is 10.2 Å². The molecule has 0 aliphatic rings. The van der Waals surface area contributed by atoms with Crippen LogP contribution >= 0.6 is 11.6 Å². The van der Waals surface area contributed by atoms with Crippen molar-refractivity contribution >= 4 is 23.4 Å². The van der Waals surface area contributed by atoms with Gasteiger partial charge in [-0.15, -0.1) is 0 Å². The molecule has 0 aliphatic carbocycles. The second kappa shape index (κ2) is 11.4. The highest BCUT2D eigenvalue weighted by molar-refractivity contribution is 6.32. The van der Waals surface area contributed by atoms with Crippen LogP contribution < -0.4 is 14.8 Å². The number of nitrogens with one attached hydrogen (secondary N) is 1. The fourth-order valence-corrected chi connectivity index (χ4v) is 3.63. The van der Waals surface area contributed by atoms with Crippen molar-refractivity contribution in [2.45, 2.75) is 66.1 Å². The van der Waals surface area contributed by atoms with Gasteiger partial charge in [-0.3, -0.25) is 9.59 Å². The fourth-order valence-electron chi connectivity index (χ4n) is 3.52. The van der Waals surface area contributed by atoms with Gasteiger partial charge in [0.05, 0.1) is 7.11 Å². The number of carbonyl (C=O) groups excluding carboxylic acids is 2. The minimum absolute atomic E-state index is 0.185. The Bertz CT molecular complexity index is 944. The van der Waals surface area contributed by atoms with Gasteiger partial charge in [0.2, 0.25) is 5.91 Å². The van der Waals surface area contributed by atoms with Crippen LogP contribution in [-0.4, -0.2) is 42.0 Å². The number of aryl methyl sites for hydroxylation is 2. The normalized spacial score (nSPS) is 12.1. The van der Waals surface area contributed by atoms with E-state index in [1.807, 2.05) is 65.8 Å². The Morgan fingerprint density at radius 3 is 2.12 bits per heavy atom. The molecule has 0 saturated carbocycles. The topological polar surface area (TPSA) is 67.9 Å². The molecule has 1 atom stereocenters. The molecule has 0 radical (unpaired) electrons. The van der Waals surface area contributed by atoms with Crippen molar-refractivity contribution < 1.29 is 19.1 Å². The molecule has 0 bridgehead atoms. The summed E-state index contributed by atoms with van der Waals surface area (Å²) in [5.41, 5.74) is 2.24. The standard InChI is InChI=1S/C26H35ClN2O4/c1-8-22(25(31)28-26(4,5)6)29(15-19-9-11-20(32-7)12-10-19)23(30)16-33-21-13-17(2)24(27)18(3)14-21/h9-14,22H,8,15-16H2,1-7H3,(H,28,31). The van der Waals surface area contributed by atoms with Gasteiger partial charge >= 0.3 is 0 Å². The zero-order valence-corrected chi connectivity index (χ0v) is 21.4. The third-order valence-electron chi connectivity index (χ3n) is 5.17. The van der Waals surface area contributed by atoms with E-state index in [1.54, 1.807) is 24.1 Å². The highest BCUT2D eigenvalue weighted by Crippen LogP contribution is 2.26. The van der Waals surface area contributed by atoms with Gasteiger partial charge in [0, 0.05) is 17.1 Å². The van der Waals surface area contributed by atoms with E-state index in [-0.39, 0.29) is 25.0 Å². The molecule has 1 unspecified atom stereocenters. The minimum Gasteiger partial charge on any atom is -0.497 e. The number of hydrogen-bond donors (Lipinski definition) is 1. The smallest absolute Gasteiger partial charge is 0.261 e. The van der Waals surface area contributed by atoms with Gasteiger partial charge in [-0.1, -0.05) is 30.7 Å². The molecule has 33 heavy (non-hydrogen) atoms. The highest BCUT2D eigenvalue weighted by atomic mass is 35.5. The summed E-state index contributed by atoms with van der Waals surface area (Å²) in [5, 5.41) is 3.68. The van der Waals surface area contributed by atoms with E-state index >= 15 is 0 Å². The zero-order chi connectivity index (χ0) is 24.8. The Morgan fingerprint density at radius 2 is 1.64 bits per heavy atom. The summed E-state index contributed by atoms with van der Waals surface area (Å²) in [6, 6.07) is 10.4. The van der Waals surface area contributed by atoms with Crippen molar-refractivity contribution in [3.63, 3.8) is 0 Å². The highest BCUT2D eigenvalue weighted by Gasteiger charge is 2.31. The second-order valence-corrected chi connectivity index (χ2v) is 9.57. The summed E-state index contributed by atoms with van der Waals surface area (Å²) >= 11 is 6.24.